The molecule has 0 bridgehead atoms. The first-order valence-electron chi connectivity index (χ1n) is 13.1. The van der Waals surface area contributed by atoms with Gasteiger partial charge in [-0.1, -0.05) is 0 Å². The summed E-state index contributed by atoms with van der Waals surface area (Å²) in [6.45, 7) is 7.17. The summed E-state index contributed by atoms with van der Waals surface area (Å²) in [6, 6.07) is 7.76. The highest BCUT2D eigenvalue weighted by Gasteiger charge is 2.37. The molecule has 2 aromatic heterocycles. The molecule has 0 spiro atoms. The average molecular weight is 505 g/mol. The Morgan fingerprint density at radius 2 is 2.05 bits per heavy atom. The number of hydrogen-bond acceptors (Lipinski definition) is 7. The summed E-state index contributed by atoms with van der Waals surface area (Å²) in [5, 5.41) is 14.8. The Morgan fingerprint density at radius 3 is 2.89 bits per heavy atom. The van der Waals surface area contributed by atoms with Crippen LogP contribution in [-0.2, 0) is 4.79 Å². The highest BCUT2D eigenvalue weighted by molar-refractivity contribution is 6.06. The lowest BCUT2D eigenvalue weighted by molar-refractivity contribution is -0.129. The van der Waals surface area contributed by atoms with Gasteiger partial charge in [0, 0.05) is 24.2 Å². The number of hydrogen-bond donors (Lipinski definition) is 3. The highest BCUT2D eigenvalue weighted by atomic mass is 16.6. The van der Waals surface area contributed by atoms with Gasteiger partial charge in [0.1, 0.15) is 13.2 Å². The van der Waals surface area contributed by atoms with Crippen LogP contribution in [0.25, 0.3) is 22.3 Å². The maximum Gasteiger partial charge on any atom is 0.252 e. The Labute approximate surface area is 215 Å². The van der Waals surface area contributed by atoms with Gasteiger partial charge < -0.3 is 25.4 Å². The van der Waals surface area contributed by atoms with Crippen LogP contribution in [0.2, 0.25) is 0 Å². The van der Waals surface area contributed by atoms with Crippen LogP contribution < -0.4 is 25.4 Å². The van der Waals surface area contributed by atoms with Gasteiger partial charge in [0.15, 0.2) is 17.1 Å². The Hall–Kier alpha value is -3.66. The van der Waals surface area contributed by atoms with E-state index >= 15 is 0 Å². The molecule has 3 aliphatic heterocycles. The zero-order valence-electron chi connectivity index (χ0n) is 21.1. The van der Waals surface area contributed by atoms with Crippen LogP contribution in [0.1, 0.15) is 43.1 Å². The largest absolute Gasteiger partial charge is 0.486 e. The van der Waals surface area contributed by atoms with E-state index in [-0.39, 0.29) is 36.4 Å². The first-order valence-corrected chi connectivity index (χ1v) is 13.1. The maximum absolute atomic E-state index is 13.5. The molecule has 0 saturated carbocycles. The molecular weight excluding hydrogens is 472 g/mol. The number of fused-ring (bicyclic) bond motifs is 3. The molecule has 5 heterocycles. The molecule has 10 heteroatoms. The number of rotatable bonds is 5. The molecular formula is C27H32N6O4. The van der Waals surface area contributed by atoms with Crippen LogP contribution in [0.15, 0.2) is 30.5 Å². The summed E-state index contributed by atoms with van der Waals surface area (Å²) in [5.74, 6) is 1.28. The van der Waals surface area contributed by atoms with Gasteiger partial charge in [-0.2, -0.15) is 5.10 Å². The van der Waals surface area contributed by atoms with Crippen molar-refractivity contribution in [2.75, 3.05) is 32.8 Å². The van der Waals surface area contributed by atoms with E-state index in [0.29, 0.717) is 52.9 Å². The second kappa shape index (κ2) is 9.66. The summed E-state index contributed by atoms with van der Waals surface area (Å²) >= 11 is 0. The third kappa shape index (κ3) is 4.50. The predicted octanol–water partition coefficient (Wildman–Crippen LogP) is 2.29. The van der Waals surface area contributed by atoms with Crippen LogP contribution in [0.4, 0.5) is 0 Å². The second-order valence-electron chi connectivity index (χ2n) is 10.3. The minimum Gasteiger partial charge on any atom is -0.486 e. The van der Waals surface area contributed by atoms with Crippen LogP contribution in [0, 0.1) is 11.8 Å². The molecule has 0 radical (unpaired) electrons. The Kier molecular flexibility index (Phi) is 6.19. The number of carbonyl (C=O) groups is 2. The minimum absolute atomic E-state index is 0.0212. The van der Waals surface area contributed by atoms with E-state index in [2.05, 4.69) is 21.0 Å². The number of piperidine rings is 2. The fourth-order valence-electron chi connectivity index (χ4n) is 5.56. The lowest BCUT2D eigenvalue weighted by atomic mass is 9.81. The van der Waals surface area contributed by atoms with E-state index < -0.39 is 0 Å². The molecule has 0 aliphatic carbocycles. The molecule has 10 nitrogen and oxygen atoms in total. The minimum atomic E-state index is -0.252. The normalized spacial score (nSPS) is 23.0. The summed E-state index contributed by atoms with van der Waals surface area (Å²) in [6.07, 6.45) is 3.41. The molecule has 1 aromatic carbocycles. The van der Waals surface area contributed by atoms with Crippen molar-refractivity contribution in [2.45, 2.75) is 38.8 Å². The van der Waals surface area contributed by atoms with E-state index in [1.54, 1.807) is 12.3 Å². The number of benzene rings is 1. The van der Waals surface area contributed by atoms with Crippen molar-refractivity contribution in [2.24, 2.45) is 11.8 Å². The topological polar surface area (TPSA) is 119 Å². The third-order valence-electron chi connectivity index (χ3n) is 7.54. The van der Waals surface area contributed by atoms with Crippen molar-refractivity contribution in [1.82, 2.24) is 30.7 Å². The number of aromatic nitrogens is 3. The summed E-state index contributed by atoms with van der Waals surface area (Å²) in [5.41, 5.74) is 2.58. The van der Waals surface area contributed by atoms with Crippen molar-refractivity contribution in [3.8, 4) is 22.8 Å². The number of nitrogens with one attached hydrogen (secondary N) is 3. The number of pyridine rings is 1. The Balaban J connectivity index is 1.29. The van der Waals surface area contributed by atoms with Gasteiger partial charge in [0.05, 0.1) is 28.8 Å². The molecule has 2 saturated heterocycles. The number of amides is 2. The van der Waals surface area contributed by atoms with Crippen molar-refractivity contribution in [3.05, 3.63) is 36.0 Å². The van der Waals surface area contributed by atoms with Crippen molar-refractivity contribution in [3.63, 3.8) is 0 Å². The first-order chi connectivity index (χ1) is 18.0. The van der Waals surface area contributed by atoms with E-state index in [9.17, 15) is 9.59 Å². The molecule has 3 unspecified atom stereocenters. The molecule has 2 fully saturated rings. The predicted molar refractivity (Wildman–Crippen MR) is 138 cm³/mol. The molecule has 3 aliphatic rings. The molecule has 194 valence electrons. The summed E-state index contributed by atoms with van der Waals surface area (Å²) in [7, 11) is 0. The standard InChI is InChI=1S/C27H32N6O4/c1-15(2)33-25-20(14-30-33)19(11-22(31-25)16-3-4-23-24(10-16)37-8-7-36-23)27(35)29-13-18-9-17-12-28-6-5-21(17)32-26(18)34/h3-4,10-11,14-15,17-18,21,28H,5-9,12-13H2,1-2H3,(H,29,35)(H,32,34). The maximum atomic E-state index is 13.5. The van der Waals surface area contributed by atoms with Gasteiger partial charge in [0.2, 0.25) is 5.91 Å². The lowest BCUT2D eigenvalue weighted by Crippen LogP contribution is -2.57. The van der Waals surface area contributed by atoms with E-state index in [0.717, 1.165) is 31.5 Å². The third-order valence-corrected chi connectivity index (χ3v) is 7.54. The molecule has 3 aromatic rings. The fourth-order valence-corrected chi connectivity index (χ4v) is 5.56. The molecule has 6 rings (SSSR count). The second-order valence-corrected chi connectivity index (χ2v) is 10.3. The van der Waals surface area contributed by atoms with Gasteiger partial charge in [0.25, 0.3) is 5.91 Å². The van der Waals surface area contributed by atoms with Crippen molar-refractivity contribution in [1.29, 1.82) is 0 Å². The monoisotopic (exact) mass is 504 g/mol. The number of nitrogens with zero attached hydrogens (tertiary/aromatic N) is 3. The van der Waals surface area contributed by atoms with Gasteiger partial charge in [-0.25, -0.2) is 9.67 Å². The van der Waals surface area contributed by atoms with Gasteiger partial charge in [-0.05, 0) is 70.0 Å². The average Bonchev–Trinajstić information content (AvgIpc) is 3.35. The zero-order chi connectivity index (χ0) is 25.5. The molecule has 2 amide bonds. The fraction of sp³-hybridized carbons (Fsp3) is 0.481. The van der Waals surface area contributed by atoms with Crippen LogP contribution >= 0.6 is 0 Å². The van der Waals surface area contributed by atoms with Gasteiger partial charge >= 0.3 is 0 Å². The number of carbonyl (C=O) groups excluding carboxylic acids is 2. The van der Waals surface area contributed by atoms with E-state index in [1.165, 1.54) is 0 Å². The van der Waals surface area contributed by atoms with Gasteiger partial charge in [-0.3, -0.25) is 9.59 Å². The SMILES string of the molecule is CC(C)n1ncc2c(C(=O)NCC3CC4CNCCC4NC3=O)cc(-c3ccc4c(c3)OCCO4)nc21. The first kappa shape index (κ1) is 23.7. The van der Waals surface area contributed by atoms with Gasteiger partial charge in [-0.15, -0.1) is 0 Å². The lowest BCUT2D eigenvalue weighted by Gasteiger charge is -2.39. The van der Waals surface area contributed by atoms with Crippen LogP contribution in [0.3, 0.4) is 0 Å². The summed E-state index contributed by atoms with van der Waals surface area (Å²) < 4.78 is 13.2. The van der Waals surface area contributed by atoms with Crippen LogP contribution in [0.5, 0.6) is 11.5 Å². The number of ether oxygens (including phenoxy) is 2. The van der Waals surface area contributed by atoms with E-state index in [4.69, 9.17) is 14.5 Å². The quantitative estimate of drug-likeness (QED) is 0.488. The van der Waals surface area contributed by atoms with Crippen LogP contribution in [-0.4, -0.2) is 65.5 Å². The summed E-state index contributed by atoms with van der Waals surface area (Å²) in [4.78, 5) is 31.1. The smallest absolute Gasteiger partial charge is 0.252 e. The Morgan fingerprint density at radius 1 is 1.22 bits per heavy atom. The van der Waals surface area contributed by atoms with Crippen molar-refractivity contribution < 1.29 is 19.1 Å². The van der Waals surface area contributed by atoms with E-state index in [1.807, 2.05) is 36.7 Å². The zero-order valence-corrected chi connectivity index (χ0v) is 21.1. The Bertz CT molecular complexity index is 1350. The molecule has 37 heavy (non-hydrogen) atoms. The van der Waals surface area contributed by atoms with Crippen molar-refractivity contribution >= 4 is 22.8 Å². The molecule has 3 N–H and O–H groups in total. The molecule has 3 atom stereocenters. The highest BCUT2D eigenvalue weighted by Crippen LogP contribution is 2.35.